The summed E-state index contributed by atoms with van der Waals surface area (Å²) < 4.78 is 6.73. The van der Waals surface area contributed by atoms with E-state index >= 15 is 0 Å². The molecule has 8 heteroatoms. The number of hydrogen-bond acceptors (Lipinski definition) is 5. The van der Waals surface area contributed by atoms with E-state index in [2.05, 4.69) is 39.0 Å². The van der Waals surface area contributed by atoms with Crippen molar-refractivity contribution in [1.82, 2.24) is 9.80 Å². The van der Waals surface area contributed by atoms with Gasteiger partial charge in [0.1, 0.15) is 11.6 Å². The Morgan fingerprint density at radius 2 is 2.03 bits per heavy atom. The van der Waals surface area contributed by atoms with E-state index < -0.39 is 11.6 Å². The summed E-state index contributed by atoms with van der Waals surface area (Å²) >= 11 is 5.31. The summed E-state index contributed by atoms with van der Waals surface area (Å²) in [6, 6.07) is 6.03. The zero-order valence-corrected chi connectivity index (χ0v) is 19.6. The maximum absolute atomic E-state index is 13.2. The molecule has 0 unspecified atom stereocenters. The summed E-state index contributed by atoms with van der Waals surface area (Å²) in [5, 5.41) is 0. The molecule has 2 atom stereocenters. The van der Waals surface area contributed by atoms with Crippen LogP contribution in [0, 0.1) is 0 Å². The van der Waals surface area contributed by atoms with Gasteiger partial charge in [0.2, 0.25) is 5.91 Å². The first-order chi connectivity index (χ1) is 13.7. The third-order valence-corrected chi connectivity index (χ3v) is 7.13. The third kappa shape index (κ3) is 4.38. The number of carbonyl (C=O) groups excluding carboxylic acids is 2. The number of rotatable bonds is 2. The average molecular weight is 482 g/mol. The molecule has 3 heterocycles. The molecule has 2 fully saturated rings. The van der Waals surface area contributed by atoms with Gasteiger partial charge in [0.25, 0.3) is 0 Å². The first-order valence-corrected chi connectivity index (χ1v) is 12.1. The highest BCUT2D eigenvalue weighted by Gasteiger charge is 2.46. The maximum Gasteiger partial charge on any atom is 0.411 e. The molecule has 3 aliphatic rings. The molecule has 1 aromatic carbocycles. The number of fused-ring (bicyclic) bond motifs is 1. The van der Waals surface area contributed by atoms with E-state index in [1.165, 1.54) is 11.3 Å². The molecule has 2 saturated heterocycles. The van der Waals surface area contributed by atoms with Crippen LogP contribution in [0.5, 0.6) is 0 Å². The molecule has 29 heavy (non-hydrogen) atoms. The fourth-order valence-corrected chi connectivity index (χ4v) is 5.73. The van der Waals surface area contributed by atoms with Crippen molar-refractivity contribution in [1.29, 1.82) is 0 Å². The number of halogens is 1. The standard InChI is InChI=1S/C21H28BrN3O3S/c1-21(2,3)28-20(27)25-12-16(11-18(25)19(26)23-8-9-29-13-23)24-7-6-14-10-15(22)4-5-17(14)24/h4-5,10,16,18H,6-9,11-13H2,1-3H3/t16-,18-/m0/s1. The lowest BCUT2D eigenvalue weighted by Gasteiger charge is -2.30. The number of anilines is 1. The fraction of sp³-hybridized carbons (Fsp3) is 0.619. The van der Waals surface area contributed by atoms with Crippen LogP contribution in [0.25, 0.3) is 0 Å². The Morgan fingerprint density at radius 3 is 2.72 bits per heavy atom. The molecule has 0 aliphatic carbocycles. The van der Waals surface area contributed by atoms with Crippen LogP contribution in [-0.4, -0.2) is 70.7 Å². The van der Waals surface area contributed by atoms with Gasteiger partial charge in [-0.05, 0) is 57.4 Å². The lowest BCUT2D eigenvalue weighted by molar-refractivity contribution is -0.134. The van der Waals surface area contributed by atoms with Gasteiger partial charge >= 0.3 is 6.09 Å². The average Bonchev–Trinajstić information content (AvgIpc) is 3.37. The first kappa shape index (κ1) is 20.8. The molecule has 0 spiro atoms. The van der Waals surface area contributed by atoms with Gasteiger partial charge in [-0.1, -0.05) is 15.9 Å². The molecule has 0 bridgehead atoms. The molecule has 6 nitrogen and oxygen atoms in total. The number of thioether (sulfide) groups is 1. The Kier molecular flexibility index (Phi) is 5.77. The molecule has 2 amide bonds. The minimum absolute atomic E-state index is 0.0542. The monoisotopic (exact) mass is 481 g/mol. The van der Waals surface area contributed by atoms with Crippen molar-refractivity contribution in [2.75, 3.05) is 36.2 Å². The summed E-state index contributed by atoms with van der Waals surface area (Å²) in [7, 11) is 0. The van der Waals surface area contributed by atoms with E-state index in [4.69, 9.17) is 4.74 Å². The Bertz CT molecular complexity index is 807. The van der Waals surface area contributed by atoms with Crippen LogP contribution in [0.4, 0.5) is 10.5 Å². The predicted molar refractivity (Wildman–Crippen MR) is 119 cm³/mol. The molecular weight excluding hydrogens is 454 g/mol. The largest absolute Gasteiger partial charge is 0.444 e. The summed E-state index contributed by atoms with van der Waals surface area (Å²) in [6.45, 7) is 7.78. The molecule has 0 radical (unpaired) electrons. The molecular formula is C21H28BrN3O3S. The summed E-state index contributed by atoms with van der Waals surface area (Å²) in [6.07, 6.45) is 1.24. The van der Waals surface area contributed by atoms with Crippen molar-refractivity contribution in [3.8, 4) is 0 Å². The Hall–Kier alpha value is -1.41. The van der Waals surface area contributed by atoms with Crippen LogP contribution in [0.2, 0.25) is 0 Å². The molecule has 0 N–H and O–H groups in total. The zero-order chi connectivity index (χ0) is 20.8. The normalized spacial score (nSPS) is 24.2. The highest BCUT2D eigenvalue weighted by molar-refractivity contribution is 9.10. The van der Waals surface area contributed by atoms with Gasteiger partial charge in [-0.3, -0.25) is 9.69 Å². The first-order valence-electron chi connectivity index (χ1n) is 10.1. The van der Waals surface area contributed by atoms with E-state index in [-0.39, 0.29) is 18.0 Å². The van der Waals surface area contributed by atoms with Crippen molar-refractivity contribution in [2.24, 2.45) is 0 Å². The molecule has 4 rings (SSSR count). The lowest BCUT2D eigenvalue weighted by Crippen LogP contribution is -2.48. The lowest BCUT2D eigenvalue weighted by atomic mass is 10.1. The van der Waals surface area contributed by atoms with Gasteiger partial charge in [0, 0.05) is 41.6 Å². The molecule has 0 aromatic heterocycles. The van der Waals surface area contributed by atoms with Gasteiger partial charge in [-0.2, -0.15) is 0 Å². The molecule has 1 aromatic rings. The third-order valence-electron chi connectivity index (χ3n) is 5.67. The van der Waals surface area contributed by atoms with Crippen molar-refractivity contribution in [3.05, 3.63) is 28.2 Å². The van der Waals surface area contributed by atoms with E-state index in [0.717, 1.165) is 29.7 Å². The van der Waals surface area contributed by atoms with Crippen molar-refractivity contribution in [2.45, 2.75) is 51.3 Å². The van der Waals surface area contributed by atoms with Crippen LogP contribution in [0.15, 0.2) is 22.7 Å². The van der Waals surface area contributed by atoms with E-state index in [0.29, 0.717) is 18.8 Å². The number of likely N-dealkylation sites (tertiary alicyclic amines) is 1. The van der Waals surface area contributed by atoms with Crippen molar-refractivity contribution < 1.29 is 14.3 Å². The summed E-state index contributed by atoms with van der Waals surface area (Å²) in [4.78, 5) is 32.1. The molecule has 0 saturated carbocycles. The van der Waals surface area contributed by atoms with Gasteiger partial charge < -0.3 is 14.5 Å². The van der Waals surface area contributed by atoms with Crippen LogP contribution in [0.3, 0.4) is 0 Å². The van der Waals surface area contributed by atoms with Gasteiger partial charge in [-0.15, -0.1) is 11.8 Å². The number of ether oxygens (including phenoxy) is 1. The van der Waals surface area contributed by atoms with Gasteiger partial charge in [0.15, 0.2) is 0 Å². The van der Waals surface area contributed by atoms with Gasteiger partial charge in [0.05, 0.1) is 5.88 Å². The quantitative estimate of drug-likeness (QED) is 0.643. The van der Waals surface area contributed by atoms with E-state index in [1.54, 1.807) is 16.7 Å². The zero-order valence-electron chi connectivity index (χ0n) is 17.2. The number of nitrogens with zero attached hydrogens (tertiary/aromatic N) is 3. The Morgan fingerprint density at radius 1 is 1.24 bits per heavy atom. The topological polar surface area (TPSA) is 53.1 Å². The van der Waals surface area contributed by atoms with Crippen LogP contribution < -0.4 is 4.90 Å². The Balaban J connectivity index is 1.56. The second kappa shape index (κ2) is 8.02. The summed E-state index contributed by atoms with van der Waals surface area (Å²) in [5.74, 6) is 1.73. The van der Waals surface area contributed by atoms with Crippen molar-refractivity contribution in [3.63, 3.8) is 0 Å². The SMILES string of the molecule is CC(C)(C)OC(=O)N1C[C@@H](N2CCc3cc(Br)ccc32)C[C@H]1C(=O)N1CCSC1. The van der Waals surface area contributed by atoms with Crippen LogP contribution in [-0.2, 0) is 16.0 Å². The highest BCUT2D eigenvalue weighted by Crippen LogP contribution is 2.36. The van der Waals surface area contributed by atoms with Crippen molar-refractivity contribution >= 4 is 45.4 Å². The number of benzene rings is 1. The Labute approximate surface area is 185 Å². The molecule has 3 aliphatic heterocycles. The fourth-order valence-electron chi connectivity index (χ4n) is 4.37. The number of amides is 2. The summed E-state index contributed by atoms with van der Waals surface area (Å²) in [5.41, 5.74) is 1.94. The second-order valence-electron chi connectivity index (χ2n) is 8.89. The molecule has 158 valence electrons. The highest BCUT2D eigenvalue weighted by atomic mass is 79.9. The number of hydrogen-bond donors (Lipinski definition) is 0. The number of carbonyl (C=O) groups is 2. The van der Waals surface area contributed by atoms with Gasteiger partial charge in [-0.25, -0.2) is 4.79 Å². The van der Waals surface area contributed by atoms with Crippen LogP contribution >= 0.6 is 27.7 Å². The van der Waals surface area contributed by atoms with Crippen LogP contribution in [0.1, 0.15) is 32.8 Å². The maximum atomic E-state index is 13.2. The smallest absolute Gasteiger partial charge is 0.411 e. The second-order valence-corrected chi connectivity index (χ2v) is 10.9. The van der Waals surface area contributed by atoms with E-state index in [9.17, 15) is 9.59 Å². The van der Waals surface area contributed by atoms with E-state index in [1.807, 2.05) is 25.7 Å². The predicted octanol–water partition coefficient (Wildman–Crippen LogP) is 3.72. The minimum Gasteiger partial charge on any atom is -0.444 e. The minimum atomic E-state index is -0.585.